The molecule has 0 aliphatic carbocycles. The minimum atomic E-state index is -0.251. The van der Waals surface area contributed by atoms with E-state index in [2.05, 4.69) is 0 Å². The summed E-state index contributed by atoms with van der Waals surface area (Å²) in [6, 6.07) is 9.89. The van der Waals surface area contributed by atoms with Crippen LogP contribution in [0.25, 0.3) is 0 Å². The minimum Gasteiger partial charge on any atom is -0.457 e. The molecular formula is C14H13ClFNO. The first-order chi connectivity index (χ1) is 8.60. The number of benzene rings is 2. The summed E-state index contributed by atoms with van der Waals surface area (Å²) in [5, 5.41) is 0.564. The van der Waals surface area contributed by atoms with Gasteiger partial charge in [-0.3, -0.25) is 0 Å². The Labute approximate surface area is 110 Å². The van der Waals surface area contributed by atoms with Gasteiger partial charge in [0.2, 0.25) is 0 Å². The van der Waals surface area contributed by atoms with E-state index in [0.29, 0.717) is 28.6 Å². The molecule has 0 aromatic heterocycles. The van der Waals surface area contributed by atoms with Gasteiger partial charge in [-0.05, 0) is 48.4 Å². The standard InChI is InChI=1S/C14H13ClFNO/c1-9-6-11(4-5-14(9)16)18-12-3-2-10(8-17)13(15)7-12/h2-7H,8,17H2,1H3. The number of aryl methyl sites for hydroxylation is 1. The zero-order valence-corrected chi connectivity index (χ0v) is 10.7. The summed E-state index contributed by atoms with van der Waals surface area (Å²) in [5.74, 6) is 0.924. The van der Waals surface area contributed by atoms with Crippen molar-refractivity contribution < 1.29 is 9.13 Å². The highest BCUT2D eigenvalue weighted by Gasteiger charge is 2.04. The topological polar surface area (TPSA) is 35.2 Å². The highest BCUT2D eigenvalue weighted by Crippen LogP contribution is 2.27. The summed E-state index contributed by atoms with van der Waals surface area (Å²) in [6.07, 6.45) is 0. The van der Waals surface area contributed by atoms with Crippen molar-refractivity contribution in [2.45, 2.75) is 13.5 Å². The van der Waals surface area contributed by atoms with Gasteiger partial charge in [-0.25, -0.2) is 4.39 Å². The molecule has 0 saturated carbocycles. The maximum atomic E-state index is 13.1. The van der Waals surface area contributed by atoms with Crippen molar-refractivity contribution in [3.8, 4) is 11.5 Å². The van der Waals surface area contributed by atoms with E-state index in [4.69, 9.17) is 22.1 Å². The molecule has 0 atom stereocenters. The van der Waals surface area contributed by atoms with Gasteiger partial charge in [0.15, 0.2) is 0 Å². The third-order valence-corrected chi connectivity index (χ3v) is 2.96. The molecule has 0 amide bonds. The Morgan fingerprint density at radius 1 is 1.17 bits per heavy atom. The summed E-state index contributed by atoms with van der Waals surface area (Å²) in [7, 11) is 0. The number of halogens is 2. The molecule has 2 aromatic carbocycles. The van der Waals surface area contributed by atoms with Gasteiger partial charge in [0.1, 0.15) is 17.3 Å². The molecule has 0 aliphatic heterocycles. The molecule has 2 rings (SSSR count). The number of ether oxygens (including phenoxy) is 1. The van der Waals surface area contributed by atoms with Crippen LogP contribution in [0.4, 0.5) is 4.39 Å². The van der Waals surface area contributed by atoms with Crippen molar-refractivity contribution in [2.24, 2.45) is 5.73 Å². The Balaban J connectivity index is 2.23. The summed E-state index contributed by atoms with van der Waals surface area (Å²) >= 11 is 6.03. The predicted molar refractivity (Wildman–Crippen MR) is 70.6 cm³/mol. The fourth-order valence-electron chi connectivity index (χ4n) is 1.57. The Morgan fingerprint density at radius 2 is 1.83 bits per heavy atom. The molecule has 94 valence electrons. The first kappa shape index (κ1) is 12.9. The van der Waals surface area contributed by atoms with Gasteiger partial charge in [-0.2, -0.15) is 0 Å². The van der Waals surface area contributed by atoms with E-state index in [-0.39, 0.29) is 5.82 Å². The van der Waals surface area contributed by atoms with E-state index < -0.39 is 0 Å². The molecule has 18 heavy (non-hydrogen) atoms. The van der Waals surface area contributed by atoms with Crippen LogP contribution in [0.2, 0.25) is 5.02 Å². The van der Waals surface area contributed by atoms with Crippen molar-refractivity contribution in [1.29, 1.82) is 0 Å². The molecule has 2 N–H and O–H groups in total. The van der Waals surface area contributed by atoms with Crippen LogP contribution >= 0.6 is 11.6 Å². The van der Waals surface area contributed by atoms with Crippen LogP contribution in [0.1, 0.15) is 11.1 Å². The van der Waals surface area contributed by atoms with Crippen LogP contribution in [-0.4, -0.2) is 0 Å². The van der Waals surface area contributed by atoms with Crippen molar-refractivity contribution in [1.82, 2.24) is 0 Å². The molecule has 0 spiro atoms. The molecule has 2 nitrogen and oxygen atoms in total. The third kappa shape index (κ3) is 2.81. The number of nitrogens with two attached hydrogens (primary N) is 1. The van der Waals surface area contributed by atoms with Crippen LogP contribution in [0.3, 0.4) is 0 Å². The van der Waals surface area contributed by atoms with E-state index in [1.54, 1.807) is 31.2 Å². The molecule has 0 saturated heterocycles. The quantitative estimate of drug-likeness (QED) is 0.909. The Kier molecular flexibility index (Phi) is 3.84. The normalized spacial score (nSPS) is 10.4. The molecule has 0 radical (unpaired) electrons. The Bertz CT molecular complexity index is 572. The molecule has 0 unspecified atom stereocenters. The second-order valence-electron chi connectivity index (χ2n) is 3.97. The molecule has 0 fully saturated rings. The lowest BCUT2D eigenvalue weighted by Gasteiger charge is -2.08. The molecule has 0 aliphatic rings. The molecule has 0 bridgehead atoms. The van der Waals surface area contributed by atoms with Crippen molar-refractivity contribution >= 4 is 11.6 Å². The smallest absolute Gasteiger partial charge is 0.128 e. The monoisotopic (exact) mass is 265 g/mol. The van der Waals surface area contributed by atoms with Crippen molar-refractivity contribution in [2.75, 3.05) is 0 Å². The van der Waals surface area contributed by atoms with E-state index in [0.717, 1.165) is 5.56 Å². The highest BCUT2D eigenvalue weighted by atomic mass is 35.5. The number of hydrogen-bond donors (Lipinski definition) is 1. The summed E-state index contributed by atoms with van der Waals surface area (Å²) in [5.41, 5.74) is 6.92. The van der Waals surface area contributed by atoms with Crippen LogP contribution in [0.15, 0.2) is 36.4 Å². The fourth-order valence-corrected chi connectivity index (χ4v) is 1.82. The van der Waals surface area contributed by atoms with E-state index >= 15 is 0 Å². The van der Waals surface area contributed by atoms with Crippen LogP contribution in [0.5, 0.6) is 11.5 Å². The largest absolute Gasteiger partial charge is 0.457 e. The maximum absolute atomic E-state index is 13.1. The second kappa shape index (κ2) is 5.38. The molecule has 0 heterocycles. The Hall–Kier alpha value is -1.58. The van der Waals surface area contributed by atoms with Gasteiger partial charge >= 0.3 is 0 Å². The average molecular weight is 266 g/mol. The predicted octanol–water partition coefficient (Wildman–Crippen LogP) is 4.04. The van der Waals surface area contributed by atoms with Gasteiger partial charge in [0.25, 0.3) is 0 Å². The lowest BCUT2D eigenvalue weighted by Crippen LogP contribution is -1.97. The van der Waals surface area contributed by atoms with Crippen LogP contribution in [0, 0.1) is 12.7 Å². The number of hydrogen-bond acceptors (Lipinski definition) is 2. The molecular weight excluding hydrogens is 253 g/mol. The van der Waals surface area contributed by atoms with Gasteiger partial charge in [-0.15, -0.1) is 0 Å². The molecule has 4 heteroatoms. The third-order valence-electron chi connectivity index (χ3n) is 2.61. The van der Waals surface area contributed by atoms with Crippen molar-refractivity contribution in [3.05, 3.63) is 58.4 Å². The van der Waals surface area contributed by atoms with E-state index in [9.17, 15) is 4.39 Å². The minimum absolute atomic E-state index is 0.251. The van der Waals surface area contributed by atoms with Gasteiger partial charge in [-0.1, -0.05) is 17.7 Å². The Morgan fingerprint density at radius 3 is 2.44 bits per heavy atom. The summed E-state index contributed by atoms with van der Waals surface area (Å²) in [6.45, 7) is 2.07. The zero-order valence-electron chi connectivity index (χ0n) is 9.91. The summed E-state index contributed by atoms with van der Waals surface area (Å²) < 4.78 is 18.7. The average Bonchev–Trinajstić information content (AvgIpc) is 2.34. The summed E-state index contributed by atoms with van der Waals surface area (Å²) in [4.78, 5) is 0. The second-order valence-corrected chi connectivity index (χ2v) is 4.38. The lowest BCUT2D eigenvalue weighted by atomic mass is 10.2. The first-order valence-electron chi connectivity index (χ1n) is 5.52. The lowest BCUT2D eigenvalue weighted by molar-refractivity contribution is 0.479. The SMILES string of the molecule is Cc1cc(Oc2ccc(CN)c(Cl)c2)ccc1F. The zero-order chi connectivity index (χ0) is 13.1. The van der Waals surface area contributed by atoms with Gasteiger partial charge < -0.3 is 10.5 Å². The van der Waals surface area contributed by atoms with Crippen LogP contribution < -0.4 is 10.5 Å². The van der Waals surface area contributed by atoms with Crippen molar-refractivity contribution in [3.63, 3.8) is 0 Å². The van der Waals surface area contributed by atoms with E-state index in [1.807, 2.05) is 6.07 Å². The van der Waals surface area contributed by atoms with Gasteiger partial charge in [0, 0.05) is 11.6 Å². The fraction of sp³-hybridized carbons (Fsp3) is 0.143. The highest BCUT2D eigenvalue weighted by molar-refractivity contribution is 6.31. The van der Waals surface area contributed by atoms with Gasteiger partial charge in [0.05, 0.1) is 0 Å². The first-order valence-corrected chi connectivity index (χ1v) is 5.90. The van der Waals surface area contributed by atoms with Crippen LogP contribution in [-0.2, 0) is 6.54 Å². The van der Waals surface area contributed by atoms with E-state index in [1.165, 1.54) is 6.07 Å². The molecule has 2 aromatic rings. The number of rotatable bonds is 3. The maximum Gasteiger partial charge on any atom is 0.128 e.